The van der Waals surface area contributed by atoms with Crippen LogP contribution in [0.1, 0.15) is 71.6 Å². The molecule has 0 aliphatic heterocycles. The third-order valence-corrected chi connectivity index (χ3v) is 3.06. The van der Waals surface area contributed by atoms with Crippen molar-refractivity contribution >= 4 is 0 Å². The standard InChI is InChI=1S/C13H26F2/c1-3-5-6-7-8-9-10-11-12(4-2)13(14)15/h12-13H,3-11H2,1-2H3. The Morgan fingerprint density at radius 2 is 1.33 bits per heavy atom. The van der Waals surface area contributed by atoms with Crippen LogP contribution in [0.2, 0.25) is 0 Å². The molecule has 1 atom stereocenters. The van der Waals surface area contributed by atoms with Crippen LogP contribution < -0.4 is 0 Å². The molecule has 0 heterocycles. The van der Waals surface area contributed by atoms with Gasteiger partial charge in [0.05, 0.1) is 0 Å². The van der Waals surface area contributed by atoms with Crippen molar-refractivity contribution in [2.24, 2.45) is 5.92 Å². The zero-order chi connectivity index (χ0) is 11.5. The third kappa shape index (κ3) is 8.83. The second-order valence-corrected chi connectivity index (χ2v) is 4.41. The lowest BCUT2D eigenvalue weighted by Gasteiger charge is -2.12. The molecule has 0 spiro atoms. The van der Waals surface area contributed by atoms with E-state index in [2.05, 4.69) is 6.92 Å². The topological polar surface area (TPSA) is 0 Å². The highest BCUT2D eigenvalue weighted by Gasteiger charge is 2.16. The molecule has 0 aliphatic rings. The minimum Gasteiger partial charge on any atom is -0.210 e. The van der Waals surface area contributed by atoms with E-state index >= 15 is 0 Å². The quantitative estimate of drug-likeness (QED) is 0.431. The Morgan fingerprint density at radius 3 is 1.80 bits per heavy atom. The van der Waals surface area contributed by atoms with Crippen LogP contribution in [0.15, 0.2) is 0 Å². The zero-order valence-electron chi connectivity index (χ0n) is 10.3. The van der Waals surface area contributed by atoms with Crippen molar-refractivity contribution in [2.75, 3.05) is 0 Å². The third-order valence-electron chi connectivity index (χ3n) is 3.06. The number of halogens is 2. The molecule has 0 aromatic rings. The Labute approximate surface area is 93.4 Å². The Hall–Kier alpha value is -0.140. The van der Waals surface area contributed by atoms with E-state index in [9.17, 15) is 8.78 Å². The van der Waals surface area contributed by atoms with Crippen molar-refractivity contribution in [3.8, 4) is 0 Å². The van der Waals surface area contributed by atoms with E-state index in [1.807, 2.05) is 6.92 Å². The summed E-state index contributed by atoms with van der Waals surface area (Å²) in [6.45, 7) is 4.06. The second kappa shape index (κ2) is 10.4. The summed E-state index contributed by atoms with van der Waals surface area (Å²) in [5.74, 6) is -0.361. The predicted octanol–water partition coefficient (Wildman–Crippen LogP) is 5.42. The van der Waals surface area contributed by atoms with Crippen LogP contribution in [0.4, 0.5) is 8.78 Å². The molecule has 1 unspecified atom stereocenters. The summed E-state index contributed by atoms with van der Waals surface area (Å²) >= 11 is 0. The van der Waals surface area contributed by atoms with Crippen LogP contribution in [0.25, 0.3) is 0 Å². The number of hydrogen-bond donors (Lipinski definition) is 0. The summed E-state index contributed by atoms with van der Waals surface area (Å²) in [4.78, 5) is 0. The molecule has 92 valence electrons. The molecule has 0 aromatic carbocycles. The molecule has 15 heavy (non-hydrogen) atoms. The predicted molar refractivity (Wildman–Crippen MR) is 62.4 cm³/mol. The maximum absolute atomic E-state index is 12.4. The largest absolute Gasteiger partial charge is 0.241 e. The van der Waals surface area contributed by atoms with E-state index in [4.69, 9.17) is 0 Å². The number of unbranched alkanes of at least 4 members (excludes halogenated alkanes) is 6. The fourth-order valence-electron chi connectivity index (χ4n) is 1.87. The summed E-state index contributed by atoms with van der Waals surface area (Å²) in [7, 11) is 0. The van der Waals surface area contributed by atoms with Gasteiger partial charge >= 0.3 is 0 Å². The highest BCUT2D eigenvalue weighted by Crippen LogP contribution is 2.21. The van der Waals surface area contributed by atoms with Gasteiger partial charge in [-0.2, -0.15) is 0 Å². The molecule has 0 bridgehead atoms. The van der Waals surface area contributed by atoms with E-state index < -0.39 is 6.43 Å². The second-order valence-electron chi connectivity index (χ2n) is 4.41. The monoisotopic (exact) mass is 220 g/mol. The molecular formula is C13H26F2. The summed E-state index contributed by atoms with van der Waals surface area (Å²) in [5.41, 5.74) is 0. The van der Waals surface area contributed by atoms with E-state index in [0.717, 1.165) is 12.8 Å². The van der Waals surface area contributed by atoms with Gasteiger partial charge in [0.15, 0.2) is 0 Å². The summed E-state index contributed by atoms with van der Waals surface area (Å²) in [6.07, 6.45) is 7.71. The van der Waals surface area contributed by atoms with Crippen molar-refractivity contribution in [3.05, 3.63) is 0 Å². The molecule has 0 saturated carbocycles. The Bertz CT molecular complexity index is 124. The number of alkyl halides is 2. The Kier molecular flexibility index (Phi) is 10.3. The van der Waals surface area contributed by atoms with Gasteiger partial charge in [-0.1, -0.05) is 58.8 Å². The minimum atomic E-state index is -2.12. The average molecular weight is 220 g/mol. The number of rotatable bonds is 10. The average Bonchev–Trinajstić information content (AvgIpc) is 2.21. The molecule has 2 heteroatoms. The fourth-order valence-corrected chi connectivity index (χ4v) is 1.87. The lowest BCUT2D eigenvalue weighted by atomic mass is 9.98. The molecule has 0 radical (unpaired) electrons. The van der Waals surface area contributed by atoms with Crippen molar-refractivity contribution in [3.63, 3.8) is 0 Å². The van der Waals surface area contributed by atoms with E-state index in [1.165, 1.54) is 32.1 Å². The first-order valence-electron chi connectivity index (χ1n) is 6.50. The van der Waals surface area contributed by atoms with Gasteiger partial charge in [-0.05, 0) is 12.8 Å². The van der Waals surface area contributed by atoms with Crippen molar-refractivity contribution < 1.29 is 8.78 Å². The lowest BCUT2D eigenvalue weighted by Crippen LogP contribution is -2.09. The molecular weight excluding hydrogens is 194 g/mol. The number of hydrogen-bond acceptors (Lipinski definition) is 0. The van der Waals surface area contributed by atoms with E-state index in [-0.39, 0.29) is 5.92 Å². The lowest BCUT2D eigenvalue weighted by molar-refractivity contribution is 0.0687. The highest BCUT2D eigenvalue weighted by molar-refractivity contribution is 4.59. The van der Waals surface area contributed by atoms with Gasteiger partial charge in [0.25, 0.3) is 0 Å². The van der Waals surface area contributed by atoms with Gasteiger partial charge in [0.1, 0.15) is 0 Å². The van der Waals surface area contributed by atoms with Crippen molar-refractivity contribution in [2.45, 2.75) is 78.1 Å². The van der Waals surface area contributed by atoms with Crippen LogP contribution in [0.5, 0.6) is 0 Å². The molecule has 0 saturated heterocycles. The highest BCUT2D eigenvalue weighted by atomic mass is 19.3. The van der Waals surface area contributed by atoms with Gasteiger partial charge in [-0.3, -0.25) is 0 Å². The normalized spacial score (nSPS) is 13.4. The summed E-state index contributed by atoms with van der Waals surface area (Å²) in [5, 5.41) is 0. The van der Waals surface area contributed by atoms with Crippen LogP contribution in [0.3, 0.4) is 0 Å². The first-order valence-corrected chi connectivity index (χ1v) is 6.50. The van der Waals surface area contributed by atoms with Gasteiger partial charge in [0.2, 0.25) is 6.43 Å². The molecule has 0 aromatic heterocycles. The molecule has 0 nitrogen and oxygen atoms in total. The van der Waals surface area contributed by atoms with Crippen LogP contribution in [-0.4, -0.2) is 6.43 Å². The van der Waals surface area contributed by atoms with Crippen LogP contribution >= 0.6 is 0 Å². The molecule has 0 N–H and O–H groups in total. The first-order chi connectivity index (χ1) is 7.22. The minimum absolute atomic E-state index is 0.361. The summed E-state index contributed by atoms with van der Waals surface area (Å²) in [6, 6.07) is 0. The Morgan fingerprint density at radius 1 is 0.800 bits per heavy atom. The van der Waals surface area contributed by atoms with Crippen LogP contribution in [0, 0.1) is 5.92 Å². The summed E-state index contributed by atoms with van der Waals surface area (Å²) < 4.78 is 24.8. The fraction of sp³-hybridized carbons (Fsp3) is 1.00. The molecule has 0 rings (SSSR count). The van der Waals surface area contributed by atoms with Gasteiger partial charge in [0, 0.05) is 5.92 Å². The molecule has 0 amide bonds. The van der Waals surface area contributed by atoms with Gasteiger partial charge in [-0.25, -0.2) is 8.78 Å². The smallest absolute Gasteiger partial charge is 0.210 e. The molecule has 0 fully saturated rings. The van der Waals surface area contributed by atoms with E-state index in [0.29, 0.717) is 12.8 Å². The maximum atomic E-state index is 12.4. The SMILES string of the molecule is CCCCCCCCCC(CC)C(F)F. The van der Waals surface area contributed by atoms with Crippen molar-refractivity contribution in [1.82, 2.24) is 0 Å². The maximum Gasteiger partial charge on any atom is 0.241 e. The Balaban J connectivity index is 3.22. The first kappa shape index (κ1) is 14.9. The van der Waals surface area contributed by atoms with Gasteiger partial charge in [-0.15, -0.1) is 0 Å². The van der Waals surface area contributed by atoms with Gasteiger partial charge < -0.3 is 0 Å². The zero-order valence-corrected chi connectivity index (χ0v) is 10.3. The van der Waals surface area contributed by atoms with Crippen molar-refractivity contribution in [1.29, 1.82) is 0 Å². The van der Waals surface area contributed by atoms with E-state index in [1.54, 1.807) is 0 Å². The molecule has 0 aliphatic carbocycles. The van der Waals surface area contributed by atoms with Crippen LogP contribution in [-0.2, 0) is 0 Å².